The van der Waals surface area contributed by atoms with E-state index in [1.54, 1.807) is 18.2 Å². The molecule has 9 heteroatoms. The van der Waals surface area contributed by atoms with Gasteiger partial charge in [-0.25, -0.2) is 9.79 Å². The SMILES string of the molecule is CS(=O)(=O)Oc1ccc(Br)cc1/C=C1/N=C(c2cccs2)OC1=O. The maximum absolute atomic E-state index is 12.0. The van der Waals surface area contributed by atoms with E-state index in [0.717, 1.165) is 11.1 Å². The summed E-state index contributed by atoms with van der Waals surface area (Å²) >= 11 is 4.70. The van der Waals surface area contributed by atoms with Crippen LogP contribution in [-0.2, 0) is 19.6 Å². The van der Waals surface area contributed by atoms with Crippen LogP contribution >= 0.6 is 27.3 Å². The van der Waals surface area contributed by atoms with E-state index in [2.05, 4.69) is 20.9 Å². The highest BCUT2D eigenvalue weighted by atomic mass is 79.9. The molecule has 1 aromatic heterocycles. The molecule has 124 valence electrons. The molecule has 6 nitrogen and oxygen atoms in total. The van der Waals surface area contributed by atoms with Crippen molar-refractivity contribution in [1.29, 1.82) is 0 Å². The van der Waals surface area contributed by atoms with E-state index in [-0.39, 0.29) is 17.3 Å². The highest BCUT2D eigenvalue weighted by Gasteiger charge is 2.25. The molecule has 3 rings (SSSR count). The van der Waals surface area contributed by atoms with Crippen molar-refractivity contribution >= 4 is 55.3 Å². The van der Waals surface area contributed by atoms with E-state index in [9.17, 15) is 13.2 Å². The van der Waals surface area contributed by atoms with Gasteiger partial charge in [-0.1, -0.05) is 22.0 Å². The van der Waals surface area contributed by atoms with E-state index in [1.807, 2.05) is 11.4 Å². The number of nitrogens with zero attached hydrogens (tertiary/aromatic N) is 1. The Kier molecular flexibility index (Phi) is 4.57. The van der Waals surface area contributed by atoms with Crippen molar-refractivity contribution in [3.63, 3.8) is 0 Å². The second-order valence-electron chi connectivity index (χ2n) is 4.78. The van der Waals surface area contributed by atoms with Crippen molar-refractivity contribution in [2.24, 2.45) is 4.99 Å². The van der Waals surface area contributed by atoms with Crippen LogP contribution in [0.5, 0.6) is 5.75 Å². The van der Waals surface area contributed by atoms with E-state index < -0.39 is 16.1 Å². The maximum atomic E-state index is 12.0. The number of thiophene rings is 1. The number of benzene rings is 1. The molecule has 0 aliphatic carbocycles. The predicted molar refractivity (Wildman–Crippen MR) is 94.5 cm³/mol. The largest absolute Gasteiger partial charge is 0.401 e. The lowest BCUT2D eigenvalue weighted by atomic mass is 10.1. The maximum Gasteiger partial charge on any atom is 0.363 e. The number of hydrogen-bond donors (Lipinski definition) is 0. The predicted octanol–water partition coefficient (Wildman–Crippen LogP) is 3.19. The molecule has 2 heterocycles. The molecule has 2 aromatic rings. The molecule has 0 unspecified atom stereocenters. The van der Waals surface area contributed by atoms with Crippen LogP contribution in [-0.4, -0.2) is 26.5 Å². The van der Waals surface area contributed by atoms with Crippen molar-refractivity contribution in [3.05, 3.63) is 56.3 Å². The molecule has 0 radical (unpaired) electrons. The molecule has 1 aliphatic rings. The molecule has 0 amide bonds. The molecule has 0 saturated heterocycles. The van der Waals surface area contributed by atoms with Gasteiger partial charge in [-0.3, -0.25) is 0 Å². The molecule has 0 bridgehead atoms. The first-order valence-electron chi connectivity index (χ1n) is 6.57. The molecule has 1 aromatic carbocycles. The van der Waals surface area contributed by atoms with Crippen LogP contribution < -0.4 is 4.18 Å². The molecule has 1 aliphatic heterocycles. The second kappa shape index (κ2) is 6.50. The summed E-state index contributed by atoms with van der Waals surface area (Å²) in [6.07, 6.45) is 2.37. The molecule has 0 N–H and O–H groups in total. The summed E-state index contributed by atoms with van der Waals surface area (Å²) in [5.74, 6) is -0.286. The number of carbonyl (C=O) groups excluding carboxylic acids is 1. The summed E-state index contributed by atoms with van der Waals surface area (Å²) in [5.41, 5.74) is 0.452. The fraction of sp³-hybridized carbons (Fsp3) is 0.0667. The third-order valence-corrected chi connectivity index (χ3v) is 4.69. The van der Waals surface area contributed by atoms with Gasteiger partial charge in [0, 0.05) is 10.0 Å². The Hall–Kier alpha value is -1.97. The fourth-order valence-electron chi connectivity index (χ4n) is 1.93. The van der Waals surface area contributed by atoms with Crippen LogP contribution in [0.25, 0.3) is 6.08 Å². The minimum Gasteiger partial charge on any atom is -0.401 e. The Morgan fingerprint density at radius 1 is 1.33 bits per heavy atom. The summed E-state index contributed by atoms with van der Waals surface area (Å²) in [7, 11) is -3.70. The first-order chi connectivity index (χ1) is 11.3. The number of halogens is 1. The van der Waals surface area contributed by atoms with Crippen molar-refractivity contribution in [2.75, 3.05) is 6.26 Å². The molecule has 24 heavy (non-hydrogen) atoms. The Morgan fingerprint density at radius 3 is 2.79 bits per heavy atom. The average molecular weight is 428 g/mol. The monoisotopic (exact) mass is 427 g/mol. The van der Waals surface area contributed by atoms with Gasteiger partial charge in [0.2, 0.25) is 5.90 Å². The number of esters is 1. The minimum atomic E-state index is -3.70. The number of aliphatic imine (C=N–C) groups is 1. The smallest absolute Gasteiger partial charge is 0.363 e. The van der Waals surface area contributed by atoms with E-state index >= 15 is 0 Å². The Balaban J connectivity index is 2.02. The molecular formula is C15H10BrNO5S2. The zero-order valence-electron chi connectivity index (χ0n) is 12.2. The van der Waals surface area contributed by atoms with Crippen LogP contribution in [0.3, 0.4) is 0 Å². The summed E-state index contributed by atoms with van der Waals surface area (Å²) < 4.78 is 33.5. The van der Waals surface area contributed by atoms with Crippen LogP contribution in [0, 0.1) is 0 Å². The van der Waals surface area contributed by atoms with Gasteiger partial charge in [-0.15, -0.1) is 11.3 Å². The van der Waals surface area contributed by atoms with Gasteiger partial charge in [0.05, 0.1) is 11.1 Å². The van der Waals surface area contributed by atoms with E-state index in [0.29, 0.717) is 10.0 Å². The molecule has 0 atom stereocenters. The van der Waals surface area contributed by atoms with Crippen molar-refractivity contribution in [2.45, 2.75) is 0 Å². The third kappa shape index (κ3) is 3.92. The lowest BCUT2D eigenvalue weighted by molar-refractivity contribution is -0.129. The first-order valence-corrected chi connectivity index (χ1v) is 10.1. The number of ether oxygens (including phenoxy) is 1. The first kappa shape index (κ1) is 16.9. The van der Waals surface area contributed by atoms with Gasteiger partial charge >= 0.3 is 16.1 Å². The van der Waals surface area contributed by atoms with Gasteiger partial charge in [0.1, 0.15) is 5.75 Å². The van der Waals surface area contributed by atoms with Crippen LogP contribution in [0.4, 0.5) is 0 Å². The highest BCUT2D eigenvalue weighted by Crippen LogP contribution is 2.29. The number of carbonyl (C=O) groups is 1. The number of rotatable bonds is 4. The Labute approximate surface area is 150 Å². The quantitative estimate of drug-likeness (QED) is 0.425. The highest BCUT2D eigenvalue weighted by molar-refractivity contribution is 9.10. The summed E-state index contributed by atoms with van der Waals surface area (Å²) in [6.45, 7) is 0. The summed E-state index contributed by atoms with van der Waals surface area (Å²) in [4.78, 5) is 16.9. The fourth-order valence-corrected chi connectivity index (χ4v) is 3.44. The van der Waals surface area contributed by atoms with Crippen molar-refractivity contribution in [1.82, 2.24) is 0 Å². The normalized spacial score (nSPS) is 16.2. The van der Waals surface area contributed by atoms with Crippen LogP contribution in [0.15, 0.2) is 50.9 Å². The van der Waals surface area contributed by atoms with E-state index in [4.69, 9.17) is 8.92 Å². The Bertz CT molecular complexity index is 962. The lowest BCUT2D eigenvalue weighted by Crippen LogP contribution is -2.07. The van der Waals surface area contributed by atoms with E-state index in [1.165, 1.54) is 23.5 Å². The van der Waals surface area contributed by atoms with Gasteiger partial charge in [-0.2, -0.15) is 8.42 Å². The Morgan fingerprint density at radius 2 is 2.12 bits per heavy atom. The van der Waals surface area contributed by atoms with Crippen molar-refractivity contribution < 1.29 is 22.1 Å². The molecular weight excluding hydrogens is 418 g/mol. The molecule has 0 saturated carbocycles. The average Bonchev–Trinajstić information content (AvgIpc) is 3.11. The van der Waals surface area contributed by atoms with Gasteiger partial charge in [-0.05, 0) is 35.7 Å². The zero-order valence-corrected chi connectivity index (χ0v) is 15.4. The molecule has 0 spiro atoms. The minimum absolute atomic E-state index is 0.0647. The van der Waals surface area contributed by atoms with Gasteiger partial charge < -0.3 is 8.92 Å². The topological polar surface area (TPSA) is 82.0 Å². The zero-order chi connectivity index (χ0) is 17.3. The summed E-state index contributed by atoms with van der Waals surface area (Å²) in [5, 5.41) is 1.85. The van der Waals surface area contributed by atoms with Crippen LogP contribution in [0.2, 0.25) is 0 Å². The molecule has 0 fully saturated rings. The van der Waals surface area contributed by atoms with Crippen molar-refractivity contribution in [3.8, 4) is 5.75 Å². The van der Waals surface area contributed by atoms with Gasteiger partial charge in [0.25, 0.3) is 0 Å². The van der Waals surface area contributed by atoms with Crippen LogP contribution in [0.1, 0.15) is 10.4 Å². The third-order valence-electron chi connectivity index (χ3n) is 2.86. The van der Waals surface area contributed by atoms with Gasteiger partial charge in [0.15, 0.2) is 5.70 Å². The summed E-state index contributed by atoms with van der Waals surface area (Å²) in [6, 6.07) is 8.36. The standard InChI is InChI=1S/C15H10BrNO5S2/c1-24(19,20)22-12-5-4-10(16)7-9(12)8-11-15(18)21-14(17-11)13-3-2-6-23-13/h2-8H,1H3/b11-8+. The number of cyclic esters (lactones) is 1. The second-order valence-corrected chi connectivity index (χ2v) is 8.22. The lowest BCUT2D eigenvalue weighted by Gasteiger charge is -2.07. The number of hydrogen-bond acceptors (Lipinski definition) is 7.